The third kappa shape index (κ3) is 7.66. The van der Waals surface area contributed by atoms with Crippen molar-refractivity contribution in [3.63, 3.8) is 0 Å². The van der Waals surface area contributed by atoms with E-state index in [1.165, 1.54) is 31.2 Å². The Morgan fingerprint density at radius 2 is 1.43 bits per heavy atom. The smallest absolute Gasteiger partial charge is 0.325 e. The molecule has 0 saturated heterocycles. The van der Waals surface area contributed by atoms with Gasteiger partial charge in [-0.3, -0.25) is 19.2 Å². The summed E-state index contributed by atoms with van der Waals surface area (Å²) in [4.78, 5) is 47.7. The van der Waals surface area contributed by atoms with Crippen molar-refractivity contribution < 1.29 is 39.6 Å². The Kier molecular flexibility index (Phi) is 9.68. The van der Waals surface area contributed by atoms with E-state index in [1.54, 1.807) is 0 Å². The molecule has 3 amide bonds. The van der Waals surface area contributed by atoms with Crippen LogP contribution in [0.1, 0.15) is 12.5 Å². The molecule has 1 aromatic carbocycles. The molecule has 0 aliphatic rings. The summed E-state index contributed by atoms with van der Waals surface area (Å²) in [6.45, 7) is -0.269. The molecular weight excluding hydrogens is 400 g/mol. The van der Waals surface area contributed by atoms with E-state index in [0.717, 1.165) is 0 Å². The third-order valence-corrected chi connectivity index (χ3v) is 4.09. The topological polar surface area (TPSA) is 211 Å². The van der Waals surface area contributed by atoms with E-state index >= 15 is 0 Å². The van der Waals surface area contributed by atoms with E-state index in [4.69, 9.17) is 15.9 Å². The average molecular weight is 426 g/mol. The van der Waals surface area contributed by atoms with Crippen molar-refractivity contribution in [2.45, 2.75) is 37.5 Å². The van der Waals surface area contributed by atoms with Gasteiger partial charge in [0.2, 0.25) is 17.7 Å². The average Bonchev–Trinajstić information content (AvgIpc) is 2.71. The number of carbonyl (C=O) groups excluding carboxylic acids is 3. The molecule has 0 aliphatic heterocycles. The van der Waals surface area contributed by atoms with Gasteiger partial charge >= 0.3 is 5.97 Å². The van der Waals surface area contributed by atoms with E-state index in [2.05, 4.69) is 16.0 Å². The Bertz CT molecular complexity index is 755. The number of aliphatic hydroxyl groups excluding tert-OH is 2. The van der Waals surface area contributed by atoms with Crippen LogP contribution in [-0.2, 0) is 25.6 Å². The number of phenolic OH excluding ortho intramolecular Hbond substituents is 1. The molecule has 0 spiro atoms. The highest BCUT2D eigenvalue weighted by Gasteiger charge is 2.29. The maximum Gasteiger partial charge on any atom is 0.325 e. The van der Waals surface area contributed by atoms with Crippen LogP contribution in [0.3, 0.4) is 0 Å². The number of aliphatic carboxylic acids is 1. The molecule has 0 radical (unpaired) electrons. The molecule has 0 aromatic heterocycles. The van der Waals surface area contributed by atoms with Crippen LogP contribution in [0.5, 0.6) is 5.75 Å². The molecule has 0 fully saturated rings. The zero-order chi connectivity index (χ0) is 22.8. The maximum absolute atomic E-state index is 12.7. The lowest BCUT2D eigenvalue weighted by atomic mass is 10.0. The van der Waals surface area contributed by atoms with Crippen molar-refractivity contribution >= 4 is 23.7 Å². The van der Waals surface area contributed by atoms with E-state index in [1.807, 2.05) is 0 Å². The maximum atomic E-state index is 12.7. The van der Waals surface area contributed by atoms with Gasteiger partial charge in [0.25, 0.3) is 0 Å². The van der Waals surface area contributed by atoms with Gasteiger partial charge in [0.15, 0.2) is 0 Å². The number of amides is 3. The quantitative estimate of drug-likeness (QED) is 0.179. The predicted octanol–water partition coefficient (Wildman–Crippen LogP) is -3.19. The first-order valence-corrected chi connectivity index (χ1v) is 8.98. The second kappa shape index (κ2) is 11.7. The summed E-state index contributed by atoms with van der Waals surface area (Å²) in [5.41, 5.74) is 6.00. The molecule has 0 heterocycles. The number of aromatic hydroxyl groups is 1. The summed E-state index contributed by atoms with van der Waals surface area (Å²) in [7, 11) is 0. The second-order valence-electron chi connectivity index (χ2n) is 6.53. The van der Waals surface area contributed by atoms with Crippen LogP contribution in [0.2, 0.25) is 0 Å². The highest BCUT2D eigenvalue weighted by Crippen LogP contribution is 2.11. The number of aliphatic hydroxyl groups is 2. The van der Waals surface area contributed by atoms with Crippen molar-refractivity contribution in [2.24, 2.45) is 5.73 Å². The van der Waals surface area contributed by atoms with Crippen molar-refractivity contribution in [3.8, 4) is 5.75 Å². The number of nitrogens with one attached hydrogen (secondary N) is 3. The van der Waals surface area contributed by atoms with Gasteiger partial charge in [-0.1, -0.05) is 12.1 Å². The number of phenols is 1. The molecule has 12 heteroatoms. The Morgan fingerprint density at radius 1 is 0.900 bits per heavy atom. The van der Waals surface area contributed by atoms with Gasteiger partial charge in [-0.05, 0) is 24.6 Å². The molecule has 1 rings (SSSR count). The van der Waals surface area contributed by atoms with Crippen LogP contribution >= 0.6 is 0 Å². The molecule has 9 N–H and O–H groups in total. The minimum absolute atomic E-state index is 0.00402. The van der Waals surface area contributed by atoms with Gasteiger partial charge < -0.3 is 42.1 Å². The number of rotatable bonds is 11. The van der Waals surface area contributed by atoms with Gasteiger partial charge in [0.05, 0.1) is 13.2 Å². The van der Waals surface area contributed by atoms with Crippen LogP contribution in [0.15, 0.2) is 24.3 Å². The molecule has 0 saturated carbocycles. The fraction of sp³-hybridized carbons (Fsp3) is 0.444. The number of nitrogens with two attached hydrogens (primary N) is 1. The SMILES string of the molecule is CC(NC(=O)C(CO)NC(=O)C(Cc1ccc(O)cc1)NC(=O)C(N)CO)C(=O)O. The van der Waals surface area contributed by atoms with E-state index < -0.39 is 61.1 Å². The number of hydrogen-bond acceptors (Lipinski definition) is 8. The Morgan fingerprint density at radius 3 is 1.93 bits per heavy atom. The molecule has 1 aromatic rings. The minimum atomic E-state index is -1.47. The number of benzene rings is 1. The molecular formula is C18H26N4O8. The van der Waals surface area contributed by atoms with Gasteiger partial charge in [0.1, 0.15) is 29.9 Å². The summed E-state index contributed by atoms with van der Waals surface area (Å²) in [5, 5.41) is 43.4. The third-order valence-electron chi connectivity index (χ3n) is 4.09. The van der Waals surface area contributed by atoms with Crippen molar-refractivity contribution in [1.29, 1.82) is 0 Å². The molecule has 30 heavy (non-hydrogen) atoms. The predicted molar refractivity (Wildman–Crippen MR) is 103 cm³/mol. The number of carboxylic acid groups (broad SMARTS) is 1. The Hall–Kier alpha value is -3.22. The first kappa shape index (κ1) is 24.8. The van der Waals surface area contributed by atoms with E-state index in [9.17, 15) is 29.4 Å². The zero-order valence-corrected chi connectivity index (χ0v) is 16.2. The molecule has 166 valence electrons. The first-order valence-electron chi connectivity index (χ1n) is 8.98. The fourth-order valence-electron chi connectivity index (χ4n) is 2.28. The van der Waals surface area contributed by atoms with Crippen molar-refractivity contribution in [2.75, 3.05) is 13.2 Å². The lowest BCUT2D eigenvalue weighted by molar-refractivity contribution is -0.142. The summed E-state index contributed by atoms with van der Waals surface area (Å²) in [6.07, 6.45) is -0.0543. The van der Waals surface area contributed by atoms with Crippen LogP contribution in [0.25, 0.3) is 0 Å². The minimum Gasteiger partial charge on any atom is -0.508 e. The van der Waals surface area contributed by atoms with Crippen LogP contribution in [0.4, 0.5) is 0 Å². The van der Waals surface area contributed by atoms with Crippen LogP contribution in [-0.4, -0.2) is 81.5 Å². The van der Waals surface area contributed by atoms with Crippen LogP contribution < -0.4 is 21.7 Å². The summed E-state index contributed by atoms with van der Waals surface area (Å²) >= 11 is 0. The summed E-state index contributed by atoms with van der Waals surface area (Å²) in [6, 6.07) is 0.540. The van der Waals surface area contributed by atoms with Crippen molar-refractivity contribution in [3.05, 3.63) is 29.8 Å². The van der Waals surface area contributed by atoms with E-state index in [0.29, 0.717) is 5.56 Å². The summed E-state index contributed by atoms with van der Waals surface area (Å²) < 4.78 is 0. The Labute approximate surface area is 172 Å². The molecule has 4 unspecified atom stereocenters. The number of carboxylic acids is 1. The van der Waals surface area contributed by atoms with Gasteiger partial charge in [0, 0.05) is 6.42 Å². The number of carbonyl (C=O) groups is 4. The molecule has 0 bridgehead atoms. The monoisotopic (exact) mass is 426 g/mol. The highest BCUT2D eigenvalue weighted by molar-refractivity contribution is 5.94. The fourth-order valence-corrected chi connectivity index (χ4v) is 2.28. The zero-order valence-electron chi connectivity index (χ0n) is 16.2. The normalized spacial score (nSPS) is 14.7. The first-order chi connectivity index (χ1) is 14.1. The van der Waals surface area contributed by atoms with Crippen molar-refractivity contribution in [1.82, 2.24) is 16.0 Å². The Balaban J connectivity index is 2.95. The molecule has 0 aliphatic carbocycles. The van der Waals surface area contributed by atoms with E-state index in [-0.39, 0.29) is 12.2 Å². The molecule has 12 nitrogen and oxygen atoms in total. The lowest BCUT2D eigenvalue weighted by Crippen LogP contribution is -2.58. The summed E-state index contributed by atoms with van der Waals surface area (Å²) in [5.74, 6) is -3.90. The largest absolute Gasteiger partial charge is 0.508 e. The van der Waals surface area contributed by atoms with Gasteiger partial charge in [-0.2, -0.15) is 0 Å². The van der Waals surface area contributed by atoms with Gasteiger partial charge in [-0.15, -0.1) is 0 Å². The van der Waals surface area contributed by atoms with Gasteiger partial charge in [-0.25, -0.2) is 0 Å². The standard InChI is InChI=1S/C18H26N4O8/c1-9(18(29)30)20-17(28)14(8-24)22-16(27)13(21-15(26)12(19)7-23)6-10-2-4-11(25)5-3-10/h2-5,9,12-14,23-25H,6-8,19H2,1H3,(H,20,28)(H,21,26)(H,22,27)(H,29,30). The lowest BCUT2D eigenvalue weighted by Gasteiger charge is -2.23. The highest BCUT2D eigenvalue weighted by atomic mass is 16.4. The second-order valence-corrected chi connectivity index (χ2v) is 6.53. The molecule has 4 atom stereocenters. The number of hydrogen-bond donors (Lipinski definition) is 8. The van der Waals surface area contributed by atoms with Crippen LogP contribution in [0, 0.1) is 0 Å².